The number of aromatic hydroxyl groups is 1. The molecule has 2 rings (SSSR count). The molecule has 0 radical (unpaired) electrons. The van der Waals surface area contributed by atoms with Crippen molar-refractivity contribution in [1.82, 2.24) is 4.98 Å². The summed E-state index contributed by atoms with van der Waals surface area (Å²) in [7, 11) is -4.15. The van der Waals surface area contributed by atoms with Crippen LogP contribution in [0.15, 0.2) is 41.4 Å². The summed E-state index contributed by atoms with van der Waals surface area (Å²) in [4.78, 5) is 3.28. The van der Waals surface area contributed by atoms with E-state index in [4.69, 9.17) is 10.4 Å². The smallest absolute Gasteiger partial charge is 0.264 e. The molecule has 102 valence electrons. The van der Waals surface area contributed by atoms with Gasteiger partial charge < -0.3 is 5.11 Å². The highest BCUT2D eigenvalue weighted by molar-refractivity contribution is 7.92. The van der Waals surface area contributed by atoms with Gasteiger partial charge in [0.1, 0.15) is 16.7 Å². The van der Waals surface area contributed by atoms with Crippen LogP contribution in [0, 0.1) is 17.1 Å². The van der Waals surface area contributed by atoms with Crippen LogP contribution in [0.25, 0.3) is 0 Å². The second-order valence-corrected chi connectivity index (χ2v) is 5.38. The Labute approximate surface area is 114 Å². The van der Waals surface area contributed by atoms with Gasteiger partial charge in [0, 0.05) is 12.3 Å². The molecule has 0 saturated carbocycles. The number of nitrogens with zero attached hydrogens (tertiary/aromatic N) is 2. The Morgan fingerprint density at radius 1 is 1.35 bits per heavy atom. The first-order valence-corrected chi connectivity index (χ1v) is 6.79. The maximum absolute atomic E-state index is 13.5. The summed E-state index contributed by atoms with van der Waals surface area (Å²) in [6.07, 6.45) is 1.28. The lowest BCUT2D eigenvalue weighted by Gasteiger charge is -2.09. The third-order valence-corrected chi connectivity index (χ3v) is 3.76. The van der Waals surface area contributed by atoms with E-state index < -0.39 is 15.8 Å². The van der Waals surface area contributed by atoms with E-state index in [1.54, 1.807) is 6.07 Å². The average molecular weight is 293 g/mol. The summed E-state index contributed by atoms with van der Waals surface area (Å²) in [5.41, 5.74) is -0.630. The number of benzene rings is 1. The van der Waals surface area contributed by atoms with Crippen LogP contribution in [-0.4, -0.2) is 18.5 Å². The molecule has 8 heteroatoms. The van der Waals surface area contributed by atoms with Crippen LogP contribution in [0.1, 0.15) is 5.69 Å². The van der Waals surface area contributed by atoms with E-state index in [2.05, 4.69) is 4.98 Å². The summed E-state index contributed by atoms with van der Waals surface area (Å²) < 4.78 is 39.7. The summed E-state index contributed by atoms with van der Waals surface area (Å²) in [5, 5.41) is 17.9. The minimum Gasteiger partial charge on any atom is -0.508 e. The number of hydrogen-bond donors (Lipinski definition) is 2. The van der Waals surface area contributed by atoms with Crippen LogP contribution in [0.4, 0.5) is 10.1 Å². The van der Waals surface area contributed by atoms with Gasteiger partial charge in [-0.15, -0.1) is 0 Å². The Bertz CT molecular complexity index is 800. The molecule has 0 spiro atoms. The molecule has 2 N–H and O–H groups in total. The van der Waals surface area contributed by atoms with Gasteiger partial charge in [0.25, 0.3) is 10.0 Å². The highest BCUT2D eigenvalue weighted by Gasteiger charge is 2.20. The molecule has 0 amide bonds. The van der Waals surface area contributed by atoms with Crippen LogP contribution in [0.2, 0.25) is 0 Å². The monoisotopic (exact) mass is 293 g/mol. The number of phenolic OH excluding ortho intramolecular Hbond substituents is 1. The molecule has 0 fully saturated rings. The molecule has 6 nitrogen and oxygen atoms in total. The Kier molecular flexibility index (Phi) is 3.54. The quantitative estimate of drug-likeness (QED) is 0.837. The van der Waals surface area contributed by atoms with Crippen molar-refractivity contribution in [1.29, 1.82) is 5.26 Å². The molecule has 0 bridgehead atoms. The highest BCUT2D eigenvalue weighted by Crippen LogP contribution is 2.23. The van der Waals surface area contributed by atoms with Crippen LogP contribution in [-0.2, 0) is 10.0 Å². The molecule has 20 heavy (non-hydrogen) atoms. The van der Waals surface area contributed by atoms with E-state index in [0.717, 1.165) is 18.2 Å². The van der Waals surface area contributed by atoms with Crippen LogP contribution in [0.5, 0.6) is 5.75 Å². The molecule has 1 aromatic heterocycles. The predicted octanol–water partition coefficient (Wildman–Crippen LogP) is 1.60. The van der Waals surface area contributed by atoms with Gasteiger partial charge in [0.05, 0.1) is 5.69 Å². The standard InChI is InChI=1S/C12H8FN3O3S/c13-9-6-8(17)3-4-10(9)16-20(18,19)12-2-1-5-15-11(12)7-14/h1-6,16-17H. The normalized spacial score (nSPS) is 10.8. The SMILES string of the molecule is N#Cc1ncccc1S(=O)(=O)Nc1ccc(O)cc1F. The van der Waals surface area contributed by atoms with Crippen molar-refractivity contribution in [3.63, 3.8) is 0 Å². The van der Waals surface area contributed by atoms with Crippen molar-refractivity contribution in [2.45, 2.75) is 4.90 Å². The number of phenols is 1. The zero-order chi connectivity index (χ0) is 14.8. The number of nitriles is 1. The number of halogens is 1. The number of sulfonamides is 1. The average Bonchev–Trinajstić information content (AvgIpc) is 2.42. The van der Waals surface area contributed by atoms with Gasteiger partial charge in [-0.05, 0) is 24.3 Å². The topological polar surface area (TPSA) is 103 Å². The van der Waals surface area contributed by atoms with Gasteiger partial charge in [-0.3, -0.25) is 4.72 Å². The summed E-state index contributed by atoms with van der Waals surface area (Å²) in [6, 6.07) is 7.16. The van der Waals surface area contributed by atoms with E-state index in [0.29, 0.717) is 0 Å². The summed E-state index contributed by atoms with van der Waals surface area (Å²) in [6.45, 7) is 0. The largest absolute Gasteiger partial charge is 0.508 e. The molecule has 1 aromatic carbocycles. The fourth-order valence-corrected chi connectivity index (χ4v) is 2.65. The number of nitrogens with one attached hydrogen (secondary N) is 1. The first kappa shape index (κ1) is 13.8. The molecule has 1 heterocycles. The lowest BCUT2D eigenvalue weighted by molar-refractivity contribution is 0.469. The second kappa shape index (κ2) is 5.14. The van der Waals surface area contributed by atoms with Gasteiger partial charge in [-0.25, -0.2) is 17.8 Å². The number of pyridine rings is 1. The second-order valence-electron chi connectivity index (χ2n) is 3.73. The lowest BCUT2D eigenvalue weighted by atomic mass is 10.3. The van der Waals surface area contributed by atoms with Gasteiger partial charge in [-0.2, -0.15) is 5.26 Å². The molecule has 0 saturated heterocycles. The van der Waals surface area contributed by atoms with Crippen molar-refractivity contribution in [3.8, 4) is 11.8 Å². The summed E-state index contributed by atoms with van der Waals surface area (Å²) >= 11 is 0. The zero-order valence-corrected chi connectivity index (χ0v) is 10.7. The van der Waals surface area contributed by atoms with E-state index in [-0.39, 0.29) is 22.0 Å². The van der Waals surface area contributed by atoms with Crippen LogP contribution in [0.3, 0.4) is 0 Å². The lowest BCUT2D eigenvalue weighted by Crippen LogP contribution is -2.15. The van der Waals surface area contributed by atoms with Crippen molar-refractivity contribution in [3.05, 3.63) is 48.0 Å². The maximum Gasteiger partial charge on any atom is 0.264 e. The molecule has 0 aliphatic carbocycles. The maximum atomic E-state index is 13.5. The Hall–Kier alpha value is -2.66. The molecule has 0 aliphatic heterocycles. The van der Waals surface area contributed by atoms with Gasteiger partial charge in [0.2, 0.25) is 0 Å². The third-order valence-electron chi connectivity index (χ3n) is 2.36. The van der Waals surface area contributed by atoms with Crippen molar-refractivity contribution in [2.75, 3.05) is 4.72 Å². The molecule has 0 aliphatic rings. The predicted molar refractivity (Wildman–Crippen MR) is 67.8 cm³/mol. The Morgan fingerprint density at radius 2 is 2.10 bits per heavy atom. The first-order valence-electron chi connectivity index (χ1n) is 5.30. The third kappa shape index (κ3) is 2.67. The molecular weight excluding hydrogens is 285 g/mol. The van der Waals surface area contributed by atoms with Crippen LogP contribution >= 0.6 is 0 Å². The Balaban J connectivity index is 2.44. The van der Waals surface area contributed by atoms with Crippen molar-refractivity contribution in [2.24, 2.45) is 0 Å². The fourth-order valence-electron chi connectivity index (χ4n) is 1.48. The fraction of sp³-hybridized carbons (Fsp3) is 0. The minimum atomic E-state index is -4.15. The van der Waals surface area contributed by atoms with Crippen LogP contribution < -0.4 is 4.72 Å². The molecular formula is C12H8FN3O3S. The Morgan fingerprint density at radius 3 is 2.75 bits per heavy atom. The highest BCUT2D eigenvalue weighted by atomic mass is 32.2. The van der Waals surface area contributed by atoms with Crippen molar-refractivity contribution >= 4 is 15.7 Å². The van der Waals surface area contributed by atoms with E-state index in [1.807, 2.05) is 4.72 Å². The molecule has 0 unspecified atom stereocenters. The number of rotatable bonds is 3. The van der Waals surface area contributed by atoms with E-state index >= 15 is 0 Å². The van der Waals surface area contributed by atoms with E-state index in [1.165, 1.54) is 18.3 Å². The molecule has 0 atom stereocenters. The van der Waals surface area contributed by atoms with Crippen molar-refractivity contribution < 1.29 is 17.9 Å². The summed E-state index contributed by atoms with van der Waals surface area (Å²) in [5.74, 6) is -1.26. The number of hydrogen-bond acceptors (Lipinski definition) is 5. The number of anilines is 1. The molecule has 2 aromatic rings. The minimum absolute atomic E-state index is 0.292. The van der Waals surface area contributed by atoms with Gasteiger partial charge >= 0.3 is 0 Å². The number of aromatic nitrogens is 1. The first-order chi connectivity index (χ1) is 9.44. The van der Waals surface area contributed by atoms with E-state index in [9.17, 15) is 12.8 Å². The zero-order valence-electron chi connectivity index (χ0n) is 9.91. The van der Waals surface area contributed by atoms with Gasteiger partial charge in [-0.1, -0.05) is 0 Å². The van der Waals surface area contributed by atoms with Gasteiger partial charge in [0.15, 0.2) is 11.5 Å².